The number of carbonyl (C=O) groups excluding carboxylic acids is 1. The van der Waals surface area contributed by atoms with Crippen LogP contribution in [0.4, 0.5) is 23.7 Å². The number of hydrogen-bond acceptors (Lipinski definition) is 6. The maximum atomic E-state index is 12.9. The number of hydrazine groups is 1. The summed E-state index contributed by atoms with van der Waals surface area (Å²) in [7, 11) is 0. The van der Waals surface area contributed by atoms with E-state index in [1.54, 1.807) is 17.2 Å². The van der Waals surface area contributed by atoms with Crippen molar-refractivity contribution in [2.75, 3.05) is 44.4 Å². The van der Waals surface area contributed by atoms with Crippen molar-refractivity contribution in [3.63, 3.8) is 0 Å². The third-order valence-electron chi connectivity index (χ3n) is 4.94. The van der Waals surface area contributed by atoms with Crippen molar-refractivity contribution in [1.82, 2.24) is 20.4 Å². The van der Waals surface area contributed by atoms with Crippen molar-refractivity contribution >= 4 is 11.7 Å². The maximum Gasteiger partial charge on any atom is 0.416 e. The molecule has 2 saturated heterocycles. The predicted octanol–water partition coefficient (Wildman–Crippen LogP) is 2.26. The zero-order valence-electron chi connectivity index (χ0n) is 15.4. The Morgan fingerprint density at radius 2 is 1.93 bits per heavy atom. The fourth-order valence-corrected chi connectivity index (χ4v) is 3.36. The second-order valence-electron chi connectivity index (χ2n) is 6.86. The van der Waals surface area contributed by atoms with Crippen LogP contribution in [0.2, 0.25) is 0 Å². The summed E-state index contributed by atoms with van der Waals surface area (Å²) < 4.78 is 38.7. The number of aliphatic hydroxyl groups is 1. The van der Waals surface area contributed by atoms with Gasteiger partial charge in [0.1, 0.15) is 12.5 Å². The van der Waals surface area contributed by atoms with E-state index in [9.17, 15) is 23.1 Å². The van der Waals surface area contributed by atoms with Crippen LogP contribution < -0.4 is 10.3 Å². The van der Waals surface area contributed by atoms with Crippen molar-refractivity contribution in [3.8, 4) is 0 Å². The van der Waals surface area contributed by atoms with E-state index in [1.165, 1.54) is 12.1 Å². The van der Waals surface area contributed by atoms with Crippen LogP contribution >= 0.6 is 0 Å². The van der Waals surface area contributed by atoms with Gasteiger partial charge in [-0.05, 0) is 24.3 Å². The molecule has 0 aliphatic carbocycles. The molecule has 2 N–H and O–H groups in total. The van der Waals surface area contributed by atoms with Crippen LogP contribution in [0.25, 0.3) is 0 Å². The van der Waals surface area contributed by atoms with E-state index in [2.05, 4.69) is 5.43 Å². The smallest absolute Gasteiger partial charge is 0.416 e. The van der Waals surface area contributed by atoms with Crippen molar-refractivity contribution < 1.29 is 27.9 Å². The molecule has 2 amide bonds. The average Bonchev–Trinajstić information content (AvgIpc) is 3.00. The summed E-state index contributed by atoms with van der Waals surface area (Å²) in [5.41, 5.74) is 2.48. The number of hydroxylamine groups is 2. The molecule has 0 spiro atoms. The van der Waals surface area contributed by atoms with E-state index in [1.807, 2.05) is 9.80 Å². The van der Waals surface area contributed by atoms with Gasteiger partial charge >= 0.3 is 12.2 Å². The number of benzene rings is 1. The number of aliphatic hydroxyl groups excluding tert-OH is 1. The van der Waals surface area contributed by atoms with Crippen LogP contribution in [0.3, 0.4) is 0 Å². The third-order valence-corrected chi connectivity index (χ3v) is 4.94. The first-order chi connectivity index (χ1) is 13.8. The van der Waals surface area contributed by atoms with Gasteiger partial charge in [0.25, 0.3) is 0 Å². The first-order valence-electron chi connectivity index (χ1n) is 9.08. The molecule has 3 heterocycles. The first-order valence-corrected chi connectivity index (χ1v) is 9.08. The van der Waals surface area contributed by atoms with Gasteiger partial charge in [-0.25, -0.2) is 15.1 Å². The van der Waals surface area contributed by atoms with Gasteiger partial charge < -0.3 is 10.0 Å². The SMILES string of the molecule is O=C1NN2CC=C(O)C=C2N1OCN1CCN(c2cccc(C(F)(F)F)c2)CC1. The van der Waals surface area contributed by atoms with Gasteiger partial charge in [-0.1, -0.05) is 6.07 Å². The highest BCUT2D eigenvalue weighted by molar-refractivity contribution is 5.77. The molecule has 0 saturated carbocycles. The molecule has 2 fully saturated rings. The minimum atomic E-state index is -4.37. The Morgan fingerprint density at radius 1 is 1.17 bits per heavy atom. The molecule has 0 aromatic heterocycles. The quantitative estimate of drug-likeness (QED) is 0.792. The zero-order valence-corrected chi connectivity index (χ0v) is 15.4. The van der Waals surface area contributed by atoms with Gasteiger partial charge in [0.05, 0.1) is 12.1 Å². The van der Waals surface area contributed by atoms with Gasteiger partial charge in [-0.3, -0.25) is 9.91 Å². The number of carbonyl (C=O) groups is 1. The standard InChI is InChI=1S/C18H20F3N5O3/c19-18(20,21)13-2-1-3-14(10-13)24-8-6-23(7-9-24)12-29-26-16-11-15(27)4-5-25(16)22-17(26)28/h1-4,10-11,27H,5-9,12H2,(H,22,28). The van der Waals surface area contributed by atoms with Gasteiger partial charge in [0.15, 0.2) is 5.82 Å². The number of alkyl halides is 3. The minimum absolute atomic E-state index is 0.0519. The molecule has 3 aliphatic heterocycles. The van der Waals surface area contributed by atoms with E-state index < -0.39 is 17.8 Å². The lowest BCUT2D eigenvalue weighted by Crippen LogP contribution is -2.48. The number of amides is 2. The summed E-state index contributed by atoms with van der Waals surface area (Å²) in [6.07, 6.45) is -1.39. The molecule has 29 heavy (non-hydrogen) atoms. The molecule has 0 unspecified atom stereocenters. The fraction of sp³-hybridized carbons (Fsp3) is 0.389. The summed E-state index contributed by atoms with van der Waals surface area (Å²) in [6.45, 7) is 2.68. The summed E-state index contributed by atoms with van der Waals surface area (Å²) in [4.78, 5) is 21.5. The van der Waals surface area contributed by atoms with E-state index in [0.717, 1.165) is 17.2 Å². The molecule has 4 rings (SSSR count). The molecule has 0 radical (unpaired) electrons. The molecule has 1 aromatic rings. The highest BCUT2D eigenvalue weighted by atomic mass is 19.4. The number of halogens is 3. The van der Waals surface area contributed by atoms with Gasteiger partial charge in [0.2, 0.25) is 0 Å². The zero-order chi connectivity index (χ0) is 20.6. The number of hydrogen-bond donors (Lipinski definition) is 2. The Hall–Kier alpha value is -2.92. The second-order valence-corrected chi connectivity index (χ2v) is 6.86. The number of anilines is 1. The summed E-state index contributed by atoms with van der Waals surface area (Å²) in [5, 5.41) is 12.3. The molecule has 8 nitrogen and oxygen atoms in total. The highest BCUT2D eigenvalue weighted by Crippen LogP contribution is 2.32. The first kappa shape index (κ1) is 19.4. The Labute approximate surface area is 164 Å². The fourth-order valence-electron chi connectivity index (χ4n) is 3.36. The van der Waals surface area contributed by atoms with Crippen LogP contribution in [0.5, 0.6) is 0 Å². The Balaban J connectivity index is 1.32. The van der Waals surface area contributed by atoms with Crippen molar-refractivity contribution in [2.45, 2.75) is 6.18 Å². The van der Waals surface area contributed by atoms with Crippen LogP contribution in [0.1, 0.15) is 5.56 Å². The number of nitrogens with one attached hydrogen (secondary N) is 1. The molecule has 3 aliphatic rings. The van der Waals surface area contributed by atoms with Crippen LogP contribution in [0, 0.1) is 0 Å². The normalized spacial score (nSPS) is 20.4. The summed E-state index contributed by atoms with van der Waals surface area (Å²) in [5.74, 6) is 0.452. The van der Waals surface area contributed by atoms with Gasteiger partial charge in [0, 0.05) is 37.9 Å². The molecular weight excluding hydrogens is 391 g/mol. The molecular formula is C18H20F3N5O3. The molecule has 0 bridgehead atoms. The third kappa shape index (κ3) is 4.10. The lowest BCUT2D eigenvalue weighted by atomic mass is 10.1. The largest absolute Gasteiger partial charge is 0.508 e. The van der Waals surface area contributed by atoms with Crippen molar-refractivity contribution in [1.29, 1.82) is 0 Å². The average molecular weight is 411 g/mol. The van der Waals surface area contributed by atoms with Crippen LogP contribution in [-0.4, -0.2) is 65.6 Å². The Kier molecular flexibility index (Phi) is 5.01. The monoisotopic (exact) mass is 411 g/mol. The minimum Gasteiger partial charge on any atom is -0.508 e. The highest BCUT2D eigenvalue weighted by Gasteiger charge is 2.35. The van der Waals surface area contributed by atoms with E-state index in [0.29, 0.717) is 44.2 Å². The number of piperazine rings is 1. The number of rotatable bonds is 4. The molecule has 11 heteroatoms. The van der Waals surface area contributed by atoms with E-state index in [4.69, 9.17) is 4.84 Å². The van der Waals surface area contributed by atoms with Gasteiger partial charge in [-0.2, -0.15) is 13.2 Å². The Bertz CT molecular complexity index is 849. The van der Waals surface area contributed by atoms with E-state index >= 15 is 0 Å². The molecule has 156 valence electrons. The van der Waals surface area contributed by atoms with Gasteiger partial charge in [-0.15, -0.1) is 5.06 Å². The molecule has 0 atom stereocenters. The lowest BCUT2D eigenvalue weighted by molar-refractivity contribution is -0.137. The van der Waals surface area contributed by atoms with E-state index in [-0.39, 0.29) is 12.5 Å². The summed E-state index contributed by atoms with van der Waals surface area (Å²) >= 11 is 0. The number of nitrogens with zero attached hydrogens (tertiary/aromatic N) is 4. The Morgan fingerprint density at radius 3 is 2.66 bits per heavy atom. The van der Waals surface area contributed by atoms with Crippen LogP contribution in [-0.2, 0) is 11.0 Å². The predicted molar refractivity (Wildman–Crippen MR) is 97.1 cm³/mol. The summed E-state index contributed by atoms with van der Waals surface area (Å²) in [6, 6.07) is 4.84. The topological polar surface area (TPSA) is 71.5 Å². The number of fused-ring (bicyclic) bond motifs is 1. The van der Waals surface area contributed by atoms with Crippen molar-refractivity contribution in [3.05, 3.63) is 53.6 Å². The van der Waals surface area contributed by atoms with Crippen molar-refractivity contribution in [2.24, 2.45) is 0 Å². The maximum absolute atomic E-state index is 12.9. The molecule has 1 aromatic carbocycles. The lowest BCUT2D eigenvalue weighted by Gasteiger charge is -2.36. The second kappa shape index (κ2) is 7.48. The number of urea groups is 1. The van der Waals surface area contributed by atoms with Crippen LogP contribution in [0.15, 0.2) is 48.0 Å². The number of allylic oxidation sites excluding steroid dienone is 1.